The average molecular weight is 284 g/mol. The molecule has 0 spiro atoms. The van der Waals surface area contributed by atoms with Crippen LogP contribution in [0.5, 0.6) is 0 Å². The van der Waals surface area contributed by atoms with Crippen molar-refractivity contribution in [2.75, 3.05) is 0 Å². The molecule has 21 heavy (non-hydrogen) atoms. The van der Waals surface area contributed by atoms with E-state index in [-0.39, 0.29) is 0 Å². The number of fused-ring (bicyclic) bond motifs is 1. The first kappa shape index (κ1) is 13.4. The van der Waals surface area contributed by atoms with E-state index in [0.717, 1.165) is 19.1 Å². The number of nitrogens with one attached hydrogen (secondary N) is 1. The maximum absolute atomic E-state index is 5.95. The van der Waals surface area contributed by atoms with Crippen molar-refractivity contribution in [2.24, 2.45) is 0 Å². The molecule has 2 aromatic rings. The third-order valence-corrected chi connectivity index (χ3v) is 4.73. The van der Waals surface area contributed by atoms with E-state index in [1.807, 2.05) is 0 Å². The molecule has 1 aliphatic heterocycles. The predicted molar refractivity (Wildman–Crippen MR) is 85.4 cm³/mol. The third kappa shape index (κ3) is 2.99. The maximum Gasteiger partial charge on any atom is 0.0758 e. The molecule has 0 radical (unpaired) electrons. The summed E-state index contributed by atoms with van der Waals surface area (Å²) in [5, 5.41) is 4.92. The zero-order valence-electron chi connectivity index (χ0n) is 12.7. The molecule has 0 bridgehead atoms. The van der Waals surface area contributed by atoms with Crippen molar-refractivity contribution in [1.29, 1.82) is 0 Å². The van der Waals surface area contributed by atoms with Gasteiger partial charge in [0.25, 0.3) is 0 Å². The van der Waals surface area contributed by atoms with E-state index in [0.29, 0.717) is 12.2 Å². The summed E-state index contributed by atoms with van der Waals surface area (Å²) in [5.41, 5.74) is 2.71. The molecule has 112 valence electrons. The Morgan fingerprint density at radius 2 is 2.10 bits per heavy atom. The van der Waals surface area contributed by atoms with Crippen LogP contribution in [0.4, 0.5) is 0 Å². The second-order valence-electron chi connectivity index (χ2n) is 6.66. The number of rotatable bonds is 5. The van der Waals surface area contributed by atoms with Gasteiger partial charge in [0, 0.05) is 30.8 Å². The topological polar surface area (TPSA) is 26.2 Å². The lowest BCUT2D eigenvalue weighted by atomic mass is 10.1. The van der Waals surface area contributed by atoms with Crippen LogP contribution >= 0.6 is 0 Å². The van der Waals surface area contributed by atoms with Gasteiger partial charge in [-0.3, -0.25) is 0 Å². The first-order chi connectivity index (χ1) is 10.3. The molecule has 1 saturated heterocycles. The van der Waals surface area contributed by atoms with Crippen molar-refractivity contribution in [3.63, 3.8) is 0 Å². The van der Waals surface area contributed by atoms with Gasteiger partial charge >= 0.3 is 0 Å². The Hall–Kier alpha value is -1.32. The fourth-order valence-electron chi connectivity index (χ4n) is 3.31. The zero-order valence-corrected chi connectivity index (χ0v) is 12.7. The molecular formula is C18H24N2O. The van der Waals surface area contributed by atoms with E-state index in [4.69, 9.17) is 4.74 Å². The van der Waals surface area contributed by atoms with E-state index < -0.39 is 0 Å². The van der Waals surface area contributed by atoms with Gasteiger partial charge < -0.3 is 14.6 Å². The van der Waals surface area contributed by atoms with Crippen molar-refractivity contribution < 1.29 is 4.74 Å². The highest BCUT2D eigenvalue weighted by molar-refractivity contribution is 5.80. The summed E-state index contributed by atoms with van der Waals surface area (Å²) in [4.78, 5) is 0. The van der Waals surface area contributed by atoms with Crippen LogP contribution in [0.3, 0.4) is 0 Å². The first-order valence-corrected chi connectivity index (χ1v) is 8.24. The van der Waals surface area contributed by atoms with Gasteiger partial charge in [-0.05, 0) is 61.8 Å². The van der Waals surface area contributed by atoms with Gasteiger partial charge in [-0.1, -0.05) is 6.07 Å². The molecule has 1 aromatic heterocycles. The summed E-state index contributed by atoms with van der Waals surface area (Å²) in [5.74, 6) is 0. The lowest BCUT2D eigenvalue weighted by molar-refractivity contribution is 0.0465. The van der Waals surface area contributed by atoms with Gasteiger partial charge in [-0.25, -0.2) is 0 Å². The highest BCUT2D eigenvalue weighted by Gasteiger charge is 2.22. The number of benzene rings is 1. The quantitative estimate of drug-likeness (QED) is 0.910. The van der Waals surface area contributed by atoms with Crippen LogP contribution in [0.15, 0.2) is 30.5 Å². The molecule has 1 aromatic carbocycles. The first-order valence-electron chi connectivity index (χ1n) is 8.24. The lowest BCUT2D eigenvalue weighted by Gasteiger charge is -2.13. The summed E-state index contributed by atoms with van der Waals surface area (Å²) in [7, 11) is 0. The summed E-state index contributed by atoms with van der Waals surface area (Å²) >= 11 is 0. The minimum Gasteiger partial charge on any atom is -0.373 e. The number of aromatic nitrogens is 1. The Morgan fingerprint density at radius 3 is 2.86 bits per heavy atom. The highest BCUT2D eigenvalue weighted by Crippen LogP contribution is 2.24. The molecule has 3 heteroatoms. The van der Waals surface area contributed by atoms with Gasteiger partial charge in [0.15, 0.2) is 0 Å². The lowest BCUT2D eigenvalue weighted by Crippen LogP contribution is -2.16. The minimum atomic E-state index is 0.381. The van der Waals surface area contributed by atoms with E-state index in [1.54, 1.807) is 0 Å². The Labute approximate surface area is 126 Å². The molecule has 3 nitrogen and oxygen atoms in total. The Morgan fingerprint density at radius 1 is 1.19 bits per heavy atom. The number of hydrogen-bond acceptors (Lipinski definition) is 2. The third-order valence-electron chi connectivity index (χ3n) is 4.73. The molecule has 2 aliphatic rings. The Bertz CT molecular complexity index is 629. The van der Waals surface area contributed by atoms with Crippen molar-refractivity contribution in [2.45, 2.75) is 63.9 Å². The molecular weight excluding hydrogens is 260 g/mol. The largest absolute Gasteiger partial charge is 0.373 e. The van der Waals surface area contributed by atoms with E-state index in [1.165, 1.54) is 42.1 Å². The van der Waals surface area contributed by atoms with Crippen molar-refractivity contribution in [3.05, 3.63) is 36.0 Å². The molecule has 2 unspecified atom stereocenters. The minimum absolute atomic E-state index is 0.381. The van der Waals surface area contributed by atoms with Crippen LogP contribution in [0, 0.1) is 0 Å². The average Bonchev–Trinajstić information content (AvgIpc) is 3.11. The normalized spacial score (nSPS) is 25.8. The summed E-state index contributed by atoms with van der Waals surface area (Å²) < 4.78 is 8.29. The molecule has 0 amide bonds. The molecule has 2 heterocycles. The van der Waals surface area contributed by atoms with Gasteiger partial charge in [-0.15, -0.1) is 0 Å². The predicted octanol–water partition coefficient (Wildman–Crippen LogP) is 3.46. The molecule has 1 aliphatic carbocycles. The molecule has 1 saturated carbocycles. The second kappa shape index (κ2) is 5.47. The second-order valence-corrected chi connectivity index (χ2v) is 6.66. The highest BCUT2D eigenvalue weighted by atomic mass is 16.5. The number of nitrogens with zero attached hydrogens (tertiary/aromatic N) is 1. The van der Waals surface area contributed by atoms with Gasteiger partial charge in [-0.2, -0.15) is 0 Å². The van der Waals surface area contributed by atoms with Crippen molar-refractivity contribution in [3.8, 4) is 0 Å². The van der Waals surface area contributed by atoms with Gasteiger partial charge in [0.1, 0.15) is 0 Å². The van der Waals surface area contributed by atoms with Crippen LogP contribution in [0.1, 0.15) is 38.2 Å². The van der Waals surface area contributed by atoms with Crippen LogP contribution in [0.25, 0.3) is 10.9 Å². The fourth-order valence-corrected chi connectivity index (χ4v) is 3.31. The van der Waals surface area contributed by atoms with E-state index in [9.17, 15) is 0 Å². The molecule has 2 atom stereocenters. The van der Waals surface area contributed by atoms with E-state index in [2.05, 4.69) is 47.3 Å². The van der Waals surface area contributed by atoms with Crippen molar-refractivity contribution >= 4 is 10.9 Å². The number of hydrogen-bond donors (Lipinski definition) is 1. The Balaban J connectivity index is 1.48. The summed E-state index contributed by atoms with van der Waals surface area (Å²) in [6.45, 7) is 4.15. The maximum atomic E-state index is 5.95. The standard InChI is InChI=1S/C18H24N2O/c1-13-2-6-17(21-13)12-20-9-8-15-10-14(3-7-18(15)20)11-19-16-4-5-16/h3,7-10,13,16-17,19H,2,4-6,11-12H2,1H3. The SMILES string of the molecule is CC1CCC(Cn2ccc3cc(CNC4CC4)ccc32)O1. The van der Waals surface area contributed by atoms with Gasteiger partial charge in [0.2, 0.25) is 0 Å². The summed E-state index contributed by atoms with van der Waals surface area (Å²) in [6, 6.07) is 9.84. The van der Waals surface area contributed by atoms with Crippen LogP contribution in [-0.4, -0.2) is 22.8 Å². The fraction of sp³-hybridized carbons (Fsp3) is 0.556. The molecule has 4 rings (SSSR count). The summed E-state index contributed by atoms with van der Waals surface area (Å²) in [6.07, 6.45) is 8.08. The monoisotopic (exact) mass is 284 g/mol. The van der Waals surface area contributed by atoms with Crippen LogP contribution < -0.4 is 5.32 Å². The van der Waals surface area contributed by atoms with Crippen LogP contribution in [0.2, 0.25) is 0 Å². The zero-order chi connectivity index (χ0) is 14.2. The van der Waals surface area contributed by atoms with Crippen molar-refractivity contribution in [1.82, 2.24) is 9.88 Å². The van der Waals surface area contributed by atoms with Crippen LogP contribution in [-0.2, 0) is 17.8 Å². The smallest absolute Gasteiger partial charge is 0.0758 e. The number of ether oxygens (including phenoxy) is 1. The molecule has 1 N–H and O–H groups in total. The van der Waals surface area contributed by atoms with E-state index >= 15 is 0 Å². The molecule has 2 fully saturated rings. The van der Waals surface area contributed by atoms with Gasteiger partial charge in [0.05, 0.1) is 12.2 Å². The Kier molecular flexibility index (Phi) is 3.48.